The van der Waals surface area contributed by atoms with Crippen molar-refractivity contribution in [3.05, 3.63) is 34.0 Å². The van der Waals surface area contributed by atoms with Gasteiger partial charge in [0, 0.05) is 19.3 Å². The van der Waals surface area contributed by atoms with Crippen LogP contribution in [0.15, 0.2) is 23.9 Å². The smallest absolute Gasteiger partial charge is 0.145 e. The molecule has 0 radical (unpaired) electrons. The van der Waals surface area contributed by atoms with E-state index in [1.165, 1.54) is 5.57 Å². The number of anilines is 1. The highest BCUT2D eigenvalue weighted by atomic mass is 35.5. The monoisotopic (exact) mass is 257 g/mol. The highest BCUT2D eigenvalue weighted by Gasteiger charge is 2.05. The van der Waals surface area contributed by atoms with E-state index < -0.39 is 0 Å². The third-order valence-electron chi connectivity index (χ3n) is 2.45. The minimum Gasteiger partial charge on any atom is -0.365 e. The minimum absolute atomic E-state index is 0.552. The molecule has 3 nitrogen and oxygen atoms in total. The first kappa shape index (κ1) is 11.7. The molecular formula is C11H13Cl2N3. The molecule has 1 aliphatic heterocycles. The summed E-state index contributed by atoms with van der Waals surface area (Å²) < 4.78 is 0. The minimum atomic E-state index is 0.552. The average Bonchev–Trinajstić information content (AvgIpc) is 2.29. The number of nitrogens with zero attached hydrogens (tertiary/aromatic N) is 1. The average molecular weight is 258 g/mol. The van der Waals surface area contributed by atoms with Gasteiger partial charge < -0.3 is 10.6 Å². The van der Waals surface area contributed by atoms with Crippen LogP contribution in [0.2, 0.25) is 10.0 Å². The summed E-state index contributed by atoms with van der Waals surface area (Å²) in [6.45, 7) is 2.77. The van der Waals surface area contributed by atoms with E-state index in [2.05, 4.69) is 21.7 Å². The predicted octanol–water partition coefficient (Wildman–Crippen LogP) is 2.72. The summed E-state index contributed by atoms with van der Waals surface area (Å²) in [5, 5.41) is 7.59. The van der Waals surface area contributed by atoms with Gasteiger partial charge >= 0.3 is 0 Å². The lowest BCUT2D eigenvalue weighted by atomic mass is 10.1. The van der Waals surface area contributed by atoms with Crippen molar-refractivity contribution in [3.8, 4) is 0 Å². The molecule has 0 spiro atoms. The Kier molecular flexibility index (Phi) is 4.04. The van der Waals surface area contributed by atoms with Crippen LogP contribution >= 0.6 is 23.2 Å². The number of hydrogen-bond acceptors (Lipinski definition) is 3. The zero-order chi connectivity index (χ0) is 11.4. The molecule has 1 aromatic rings. The second-order valence-corrected chi connectivity index (χ2v) is 4.50. The maximum Gasteiger partial charge on any atom is 0.145 e. The predicted molar refractivity (Wildman–Crippen MR) is 68.3 cm³/mol. The summed E-state index contributed by atoms with van der Waals surface area (Å²) in [4.78, 5) is 4.14. The van der Waals surface area contributed by atoms with E-state index in [-0.39, 0.29) is 0 Å². The Hall–Kier alpha value is -0.770. The largest absolute Gasteiger partial charge is 0.365 e. The lowest BCUT2D eigenvalue weighted by Gasteiger charge is -2.15. The van der Waals surface area contributed by atoms with E-state index in [1.807, 2.05) is 0 Å². The first-order valence-electron chi connectivity index (χ1n) is 5.19. The van der Waals surface area contributed by atoms with E-state index in [0.29, 0.717) is 15.9 Å². The molecule has 2 rings (SSSR count). The molecule has 86 valence electrons. The Morgan fingerprint density at radius 3 is 3.00 bits per heavy atom. The van der Waals surface area contributed by atoms with Gasteiger partial charge in [0.25, 0.3) is 0 Å². The molecule has 0 fully saturated rings. The van der Waals surface area contributed by atoms with E-state index in [4.69, 9.17) is 23.2 Å². The molecule has 16 heavy (non-hydrogen) atoms. The molecule has 0 aromatic carbocycles. The van der Waals surface area contributed by atoms with Gasteiger partial charge in [0.2, 0.25) is 0 Å². The molecule has 0 saturated heterocycles. The quantitative estimate of drug-likeness (QED) is 0.818. The summed E-state index contributed by atoms with van der Waals surface area (Å²) in [5.41, 5.74) is 1.38. The third-order valence-corrected chi connectivity index (χ3v) is 2.94. The summed E-state index contributed by atoms with van der Waals surface area (Å²) in [5.74, 6) is 0.686. The molecular weight excluding hydrogens is 245 g/mol. The molecule has 1 aliphatic rings. The van der Waals surface area contributed by atoms with Gasteiger partial charge in [-0.25, -0.2) is 4.98 Å². The van der Waals surface area contributed by atoms with Gasteiger partial charge in [0.1, 0.15) is 5.82 Å². The molecule has 0 saturated carbocycles. The van der Waals surface area contributed by atoms with E-state index in [9.17, 15) is 0 Å². The lowest BCUT2D eigenvalue weighted by molar-refractivity contribution is 0.698. The van der Waals surface area contributed by atoms with Gasteiger partial charge in [-0.1, -0.05) is 34.9 Å². The first-order valence-corrected chi connectivity index (χ1v) is 5.95. The van der Waals surface area contributed by atoms with Crippen molar-refractivity contribution in [3.63, 3.8) is 0 Å². The number of hydrogen-bond donors (Lipinski definition) is 2. The number of pyridine rings is 1. The Labute approximate surface area is 105 Å². The number of rotatable bonds is 3. The van der Waals surface area contributed by atoms with Gasteiger partial charge in [-0.2, -0.15) is 0 Å². The summed E-state index contributed by atoms with van der Waals surface area (Å²) in [7, 11) is 0. The fraction of sp³-hybridized carbons (Fsp3) is 0.364. The highest BCUT2D eigenvalue weighted by Crippen LogP contribution is 2.22. The SMILES string of the molecule is Clc1cnc(NCC2=CCNCC2)c(Cl)c1. The topological polar surface area (TPSA) is 37.0 Å². The molecule has 0 unspecified atom stereocenters. The van der Waals surface area contributed by atoms with Crippen molar-refractivity contribution in [2.24, 2.45) is 0 Å². The van der Waals surface area contributed by atoms with Crippen LogP contribution in [0, 0.1) is 0 Å². The van der Waals surface area contributed by atoms with E-state index >= 15 is 0 Å². The fourth-order valence-corrected chi connectivity index (χ4v) is 2.02. The molecule has 5 heteroatoms. The second kappa shape index (κ2) is 5.53. The van der Waals surface area contributed by atoms with Crippen LogP contribution in [0.1, 0.15) is 6.42 Å². The van der Waals surface area contributed by atoms with E-state index in [0.717, 1.165) is 26.1 Å². The zero-order valence-corrected chi connectivity index (χ0v) is 10.3. The highest BCUT2D eigenvalue weighted by molar-refractivity contribution is 6.35. The van der Waals surface area contributed by atoms with Gasteiger partial charge in [0.05, 0.1) is 10.0 Å². The number of halogens is 2. The maximum absolute atomic E-state index is 6.01. The Bertz CT molecular complexity index is 404. The fourth-order valence-electron chi connectivity index (χ4n) is 1.57. The molecule has 2 heterocycles. The van der Waals surface area contributed by atoms with Crippen LogP contribution in [-0.2, 0) is 0 Å². The van der Waals surface area contributed by atoms with Crippen molar-refractivity contribution in [2.75, 3.05) is 25.0 Å². The first-order chi connectivity index (χ1) is 7.75. The van der Waals surface area contributed by atoms with Crippen molar-refractivity contribution in [1.29, 1.82) is 0 Å². The van der Waals surface area contributed by atoms with Crippen LogP contribution in [0.4, 0.5) is 5.82 Å². The molecule has 0 aliphatic carbocycles. The molecule has 0 bridgehead atoms. The lowest BCUT2D eigenvalue weighted by Crippen LogP contribution is -2.23. The van der Waals surface area contributed by atoms with Gasteiger partial charge in [-0.15, -0.1) is 0 Å². The van der Waals surface area contributed by atoms with Crippen LogP contribution in [-0.4, -0.2) is 24.6 Å². The standard InChI is InChI=1S/C11H13Cl2N3/c12-9-5-10(13)11(16-7-9)15-6-8-1-3-14-4-2-8/h1,5,7,14H,2-4,6H2,(H,15,16). The van der Waals surface area contributed by atoms with Gasteiger partial charge in [0.15, 0.2) is 0 Å². The number of aromatic nitrogens is 1. The third kappa shape index (κ3) is 3.11. The van der Waals surface area contributed by atoms with Crippen molar-refractivity contribution in [1.82, 2.24) is 10.3 Å². The van der Waals surface area contributed by atoms with Crippen LogP contribution in [0.5, 0.6) is 0 Å². The van der Waals surface area contributed by atoms with Crippen LogP contribution < -0.4 is 10.6 Å². The summed E-state index contributed by atoms with van der Waals surface area (Å²) >= 11 is 11.8. The van der Waals surface area contributed by atoms with Gasteiger partial charge in [-0.05, 0) is 19.0 Å². The molecule has 2 N–H and O–H groups in total. The van der Waals surface area contributed by atoms with E-state index in [1.54, 1.807) is 12.3 Å². The van der Waals surface area contributed by atoms with Crippen molar-refractivity contribution >= 4 is 29.0 Å². The normalized spacial score (nSPS) is 15.8. The van der Waals surface area contributed by atoms with Crippen molar-refractivity contribution < 1.29 is 0 Å². The summed E-state index contributed by atoms with van der Waals surface area (Å²) in [6, 6.07) is 1.69. The maximum atomic E-state index is 6.01. The van der Waals surface area contributed by atoms with Crippen LogP contribution in [0.3, 0.4) is 0 Å². The second-order valence-electron chi connectivity index (χ2n) is 3.65. The Balaban J connectivity index is 1.96. The zero-order valence-electron chi connectivity index (χ0n) is 8.76. The Morgan fingerprint density at radius 1 is 1.44 bits per heavy atom. The Morgan fingerprint density at radius 2 is 2.31 bits per heavy atom. The number of nitrogens with one attached hydrogen (secondary N) is 2. The molecule has 1 aromatic heterocycles. The molecule has 0 amide bonds. The van der Waals surface area contributed by atoms with Crippen molar-refractivity contribution in [2.45, 2.75) is 6.42 Å². The molecule has 0 atom stereocenters. The summed E-state index contributed by atoms with van der Waals surface area (Å²) in [6.07, 6.45) is 4.85. The van der Waals surface area contributed by atoms with Crippen LogP contribution in [0.25, 0.3) is 0 Å². The van der Waals surface area contributed by atoms with Gasteiger partial charge in [-0.3, -0.25) is 0 Å².